The highest BCUT2D eigenvalue weighted by molar-refractivity contribution is 7.21. The number of thiophene rings is 1. The molecule has 1 aliphatic carbocycles. The smallest absolute Gasteiger partial charge is 0.291 e. The zero-order valence-corrected chi connectivity index (χ0v) is 19.9. The lowest BCUT2D eigenvalue weighted by molar-refractivity contribution is 0.0992. The van der Waals surface area contributed by atoms with Crippen molar-refractivity contribution in [1.29, 1.82) is 0 Å². The van der Waals surface area contributed by atoms with E-state index < -0.39 is 18.2 Å². The van der Waals surface area contributed by atoms with Crippen LogP contribution in [0.2, 0.25) is 0 Å². The van der Waals surface area contributed by atoms with Gasteiger partial charge in [-0.25, -0.2) is 13.8 Å². The SMILES string of the molecule is COc1ccc(OCc2ccc(C(=O)Nc3c(C(N)=O)sc4nc(C(F)F)cc(C5CC5)c34)o2)cc1. The largest absolute Gasteiger partial charge is 0.497 e. The van der Waals surface area contributed by atoms with Crippen molar-refractivity contribution in [3.63, 3.8) is 0 Å². The molecule has 0 unspecified atom stereocenters. The van der Waals surface area contributed by atoms with Gasteiger partial charge in [-0.3, -0.25) is 9.59 Å². The molecule has 8 nitrogen and oxygen atoms in total. The fraction of sp³-hybridized carbons (Fsp3) is 0.240. The molecule has 0 saturated heterocycles. The maximum Gasteiger partial charge on any atom is 0.291 e. The minimum Gasteiger partial charge on any atom is -0.497 e. The predicted octanol–water partition coefficient (Wildman–Crippen LogP) is 5.64. The Bertz CT molecular complexity index is 1440. The number of carbonyl (C=O) groups excluding carboxylic acids is 2. The summed E-state index contributed by atoms with van der Waals surface area (Å²) < 4.78 is 43.2. The van der Waals surface area contributed by atoms with E-state index in [2.05, 4.69) is 10.3 Å². The first-order valence-electron chi connectivity index (χ1n) is 11.1. The third kappa shape index (κ3) is 4.74. The summed E-state index contributed by atoms with van der Waals surface area (Å²) in [4.78, 5) is 29.4. The lowest BCUT2D eigenvalue weighted by Gasteiger charge is -2.09. The number of ether oxygens (including phenoxy) is 2. The summed E-state index contributed by atoms with van der Waals surface area (Å²) >= 11 is 0.880. The number of furan rings is 1. The van der Waals surface area contributed by atoms with E-state index in [1.165, 1.54) is 12.1 Å². The van der Waals surface area contributed by atoms with Crippen molar-refractivity contribution >= 4 is 39.1 Å². The number of hydrogen-bond acceptors (Lipinski definition) is 7. The number of nitrogens with zero attached hydrogens (tertiary/aromatic N) is 1. The van der Waals surface area contributed by atoms with Crippen molar-refractivity contribution in [3.05, 3.63) is 70.1 Å². The third-order valence-electron chi connectivity index (χ3n) is 5.74. The number of pyridine rings is 1. The van der Waals surface area contributed by atoms with E-state index in [0.717, 1.165) is 24.2 Å². The third-order valence-corrected chi connectivity index (χ3v) is 6.84. The van der Waals surface area contributed by atoms with E-state index in [4.69, 9.17) is 19.6 Å². The number of alkyl halides is 2. The molecule has 3 N–H and O–H groups in total. The first-order chi connectivity index (χ1) is 17.3. The van der Waals surface area contributed by atoms with Crippen LogP contribution in [-0.2, 0) is 6.61 Å². The lowest BCUT2D eigenvalue weighted by Crippen LogP contribution is -2.16. The van der Waals surface area contributed by atoms with Crippen LogP contribution in [0.25, 0.3) is 10.2 Å². The van der Waals surface area contributed by atoms with Gasteiger partial charge in [0, 0.05) is 5.39 Å². The number of fused-ring (bicyclic) bond motifs is 1. The molecule has 1 aromatic carbocycles. The molecule has 0 atom stereocenters. The van der Waals surface area contributed by atoms with E-state index in [0.29, 0.717) is 28.2 Å². The van der Waals surface area contributed by atoms with Crippen LogP contribution in [0.4, 0.5) is 14.5 Å². The summed E-state index contributed by atoms with van der Waals surface area (Å²) in [5.41, 5.74) is 5.97. The van der Waals surface area contributed by atoms with Gasteiger partial charge in [0.05, 0.1) is 12.8 Å². The van der Waals surface area contributed by atoms with Crippen molar-refractivity contribution < 1.29 is 32.3 Å². The van der Waals surface area contributed by atoms with Crippen molar-refractivity contribution in [2.45, 2.75) is 31.8 Å². The van der Waals surface area contributed by atoms with Crippen LogP contribution in [0.15, 0.2) is 46.9 Å². The number of primary amides is 1. The number of hydrogen-bond donors (Lipinski definition) is 2. The van der Waals surface area contributed by atoms with Crippen LogP contribution >= 0.6 is 11.3 Å². The van der Waals surface area contributed by atoms with Crippen LogP contribution in [0.3, 0.4) is 0 Å². The van der Waals surface area contributed by atoms with Crippen molar-refractivity contribution in [2.75, 3.05) is 12.4 Å². The van der Waals surface area contributed by atoms with Crippen molar-refractivity contribution in [1.82, 2.24) is 4.98 Å². The zero-order chi connectivity index (χ0) is 25.4. The molecule has 186 valence electrons. The average Bonchev–Trinajstić information content (AvgIpc) is 3.49. The van der Waals surface area contributed by atoms with Crippen LogP contribution in [0, 0.1) is 0 Å². The number of nitrogens with two attached hydrogens (primary N) is 1. The highest BCUT2D eigenvalue weighted by Gasteiger charge is 2.32. The molecule has 0 spiro atoms. The number of benzene rings is 1. The molecule has 5 rings (SSSR count). The van der Waals surface area contributed by atoms with Crippen molar-refractivity contribution in [2.24, 2.45) is 5.73 Å². The van der Waals surface area contributed by atoms with Gasteiger partial charge in [0.25, 0.3) is 18.2 Å². The Morgan fingerprint density at radius 1 is 1.19 bits per heavy atom. The van der Waals surface area contributed by atoms with Gasteiger partial charge >= 0.3 is 0 Å². The molecule has 3 heterocycles. The number of methoxy groups -OCH3 is 1. The number of rotatable bonds is 9. The fourth-order valence-electron chi connectivity index (χ4n) is 3.85. The normalized spacial score (nSPS) is 13.2. The Labute approximate surface area is 208 Å². The number of nitrogens with one attached hydrogen (secondary N) is 1. The van der Waals surface area contributed by atoms with E-state index >= 15 is 0 Å². The van der Waals surface area contributed by atoms with E-state index in [1.807, 2.05) is 0 Å². The fourth-order valence-corrected chi connectivity index (χ4v) is 4.87. The van der Waals surface area contributed by atoms with Crippen LogP contribution < -0.4 is 20.5 Å². The highest BCUT2D eigenvalue weighted by Crippen LogP contribution is 2.48. The first kappa shape index (κ1) is 23.7. The molecule has 2 amide bonds. The van der Waals surface area contributed by atoms with Crippen LogP contribution in [0.1, 0.15) is 62.4 Å². The minimum atomic E-state index is -2.76. The molecular weight excluding hydrogens is 492 g/mol. The van der Waals surface area contributed by atoms with Crippen LogP contribution in [-0.4, -0.2) is 23.9 Å². The maximum atomic E-state index is 13.4. The maximum absolute atomic E-state index is 13.4. The number of anilines is 1. The van der Waals surface area contributed by atoms with Gasteiger partial charge in [0.1, 0.15) is 39.3 Å². The standard InChI is InChI=1S/C25H21F2N3O5S/c1-33-13-4-6-14(7-5-13)34-11-15-8-9-18(35-15)24(32)30-20-19-16(12-2-3-12)10-17(22(26)27)29-25(19)36-21(20)23(28)31/h4-10,12,22H,2-3,11H2,1H3,(H2,28,31)(H,30,32). The topological polar surface area (TPSA) is 117 Å². The van der Waals surface area contributed by atoms with Gasteiger partial charge in [-0.2, -0.15) is 0 Å². The second-order valence-electron chi connectivity index (χ2n) is 8.25. The molecule has 1 fully saturated rings. The molecule has 0 radical (unpaired) electrons. The second-order valence-corrected chi connectivity index (χ2v) is 9.25. The van der Waals surface area contributed by atoms with Gasteiger partial charge in [0.15, 0.2) is 5.76 Å². The first-order valence-corrected chi connectivity index (χ1v) is 11.9. The van der Waals surface area contributed by atoms with Gasteiger partial charge < -0.3 is 24.9 Å². The summed E-state index contributed by atoms with van der Waals surface area (Å²) in [5.74, 6) is 0.336. The highest BCUT2D eigenvalue weighted by atomic mass is 32.1. The Balaban J connectivity index is 1.39. The number of halogens is 2. The number of carbonyl (C=O) groups is 2. The molecule has 4 aromatic rings. The molecule has 0 bridgehead atoms. The van der Waals surface area contributed by atoms with E-state index in [1.54, 1.807) is 37.4 Å². The minimum absolute atomic E-state index is 0.0109. The van der Waals surface area contributed by atoms with Gasteiger partial charge in [0.2, 0.25) is 0 Å². The zero-order valence-electron chi connectivity index (χ0n) is 19.0. The second kappa shape index (κ2) is 9.57. The Morgan fingerprint density at radius 3 is 2.56 bits per heavy atom. The van der Waals surface area contributed by atoms with Gasteiger partial charge in [-0.15, -0.1) is 11.3 Å². The molecule has 0 aliphatic heterocycles. The summed E-state index contributed by atoms with van der Waals surface area (Å²) in [6, 6.07) is 11.4. The molecule has 3 aromatic heterocycles. The monoisotopic (exact) mass is 513 g/mol. The number of amides is 2. The summed E-state index contributed by atoms with van der Waals surface area (Å²) in [6.45, 7) is 0.0830. The van der Waals surface area contributed by atoms with Crippen molar-refractivity contribution in [3.8, 4) is 11.5 Å². The Hall–Kier alpha value is -3.99. The number of aromatic nitrogens is 1. The summed E-state index contributed by atoms with van der Waals surface area (Å²) in [6.07, 6.45) is -1.11. The quantitative estimate of drug-likeness (QED) is 0.299. The predicted molar refractivity (Wildman–Crippen MR) is 129 cm³/mol. The van der Waals surface area contributed by atoms with Gasteiger partial charge in [-0.05, 0) is 66.8 Å². The lowest BCUT2D eigenvalue weighted by atomic mass is 10.0. The molecule has 1 saturated carbocycles. The molecule has 11 heteroatoms. The van der Waals surface area contributed by atoms with E-state index in [-0.39, 0.29) is 39.4 Å². The molecular formula is C25H21F2N3O5S. The molecule has 36 heavy (non-hydrogen) atoms. The Morgan fingerprint density at radius 2 is 1.92 bits per heavy atom. The molecule has 1 aliphatic rings. The Kier molecular flexibility index (Phi) is 6.31. The van der Waals surface area contributed by atoms with E-state index in [9.17, 15) is 18.4 Å². The summed E-state index contributed by atoms with van der Waals surface area (Å²) in [5, 5.41) is 3.16. The van der Waals surface area contributed by atoms with Gasteiger partial charge in [-0.1, -0.05) is 0 Å². The average molecular weight is 514 g/mol. The summed E-state index contributed by atoms with van der Waals surface area (Å²) in [7, 11) is 1.57. The van der Waals surface area contributed by atoms with Crippen LogP contribution in [0.5, 0.6) is 11.5 Å².